The van der Waals surface area contributed by atoms with E-state index in [1.54, 1.807) is 0 Å². The molecule has 1 N–H and O–H groups in total. The molecule has 1 aromatic carbocycles. The SMILES string of the molecule is CCOC(=O)[C@@H]1Cc2c(ccc(C)c2C)N1. The van der Waals surface area contributed by atoms with Crippen LogP contribution >= 0.6 is 0 Å². The number of nitrogens with one attached hydrogen (secondary N) is 1. The largest absolute Gasteiger partial charge is 0.464 e. The van der Waals surface area contributed by atoms with Crippen molar-refractivity contribution >= 4 is 11.7 Å². The maximum Gasteiger partial charge on any atom is 0.328 e. The average molecular weight is 219 g/mol. The zero-order valence-electron chi connectivity index (χ0n) is 9.96. The summed E-state index contributed by atoms with van der Waals surface area (Å²) in [5, 5.41) is 3.21. The summed E-state index contributed by atoms with van der Waals surface area (Å²) in [4.78, 5) is 11.6. The molecule has 0 bridgehead atoms. The number of aryl methyl sites for hydroxylation is 1. The number of fused-ring (bicyclic) bond motifs is 1. The Balaban J connectivity index is 2.21. The van der Waals surface area contributed by atoms with Gasteiger partial charge in [-0.05, 0) is 43.5 Å². The van der Waals surface area contributed by atoms with Crippen molar-refractivity contribution in [1.82, 2.24) is 0 Å². The van der Waals surface area contributed by atoms with Gasteiger partial charge in [-0.15, -0.1) is 0 Å². The third kappa shape index (κ3) is 1.77. The fourth-order valence-corrected chi connectivity index (χ4v) is 2.10. The number of carbonyl (C=O) groups excluding carboxylic acids is 1. The fourth-order valence-electron chi connectivity index (χ4n) is 2.10. The molecule has 0 spiro atoms. The lowest BCUT2D eigenvalue weighted by Crippen LogP contribution is -2.29. The molecule has 1 aromatic rings. The van der Waals surface area contributed by atoms with Gasteiger partial charge in [0.15, 0.2) is 0 Å². The molecular formula is C13H17NO2. The zero-order chi connectivity index (χ0) is 11.7. The Morgan fingerprint density at radius 1 is 1.50 bits per heavy atom. The summed E-state index contributed by atoms with van der Waals surface area (Å²) >= 11 is 0. The van der Waals surface area contributed by atoms with E-state index in [4.69, 9.17) is 4.74 Å². The Hall–Kier alpha value is -1.51. The molecule has 2 rings (SSSR count). The van der Waals surface area contributed by atoms with Crippen molar-refractivity contribution in [2.24, 2.45) is 0 Å². The first-order chi connectivity index (χ1) is 7.63. The van der Waals surface area contributed by atoms with Gasteiger partial charge in [-0.3, -0.25) is 0 Å². The van der Waals surface area contributed by atoms with Crippen LogP contribution in [0.4, 0.5) is 5.69 Å². The number of carbonyl (C=O) groups is 1. The monoisotopic (exact) mass is 219 g/mol. The standard InChI is InChI=1S/C13H17NO2/c1-4-16-13(15)12-7-10-9(3)8(2)5-6-11(10)14-12/h5-6,12,14H,4,7H2,1-3H3/t12-/m0/s1. The summed E-state index contributed by atoms with van der Waals surface area (Å²) < 4.78 is 5.03. The summed E-state index contributed by atoms with van der Waals surface area (Å²) in [6, 6.07) is 3.90. The number of rotatable bonds is 2. The van der Waals surface area contributed by atoms with Crippen molar-refractivity contribution < 1.29 is 9.53 Å². The van der Waals surface area contributed by atoms with Crippen LogP contribution in [0.2, 0.25) is 0 Å². The van der Waals surface area contributed by atoms with Crippen LogP contribution in [0.1, 0.15) is 23.6 Å². The van der Waals surface area contributed by atoms with E-state index < -0.39 is 0 Å². The second kappa shape index (κ2) is 4.16. The van der Waals surface area contributed by atoms with Crippen molar-refractivity contribution in [3.8, 4) is 0 Å². The van der Waals surface area contributed by atoms with Gasteiger partial charge in [0.1, 0.15) is 6.04 Å². The van der Waals surface area contributed by atoms with Gasteiger partial charge in [0, 0.05) is 12.1 Å². The highest BCUT2D eigenvalue weighted by Crippen LogP contribution is 2.30. The molecular weight excluding hydrogens is 202 g/mol. The maximum absolute atomic E-state index is 11.6. The lowest BCUT2D eigenvalue weighted by Gasteiger charge is -2.09. The Morgan fingerprint density at radius 2 is 2.25 bits per heavy atom. The minimum Gasteiger partial charge on any atom is -0.464 e. The van der Waals surface area contributed by atoms with Gasteiger partial charge in [0.2, 0.25) is 0 Å². The molecule has 1 atom stereocenters. The van der Waals surface area contributed by atoms with E-state index in [0.717, 1.165) is 12.1 Å². The second-order valence-electron chi connectivity index (χ2n) is 4.19. The molecule has 0 fully saturated rings. The van der Waals surface area contributed by atoms with Gasteiger partial charge < -0.3 is 10.1 Å². The van der Waals surface area contributed by atoms with Gasteiger partial charge in [0.05, 0.1) is 6.61 Å². The number of esters is 1. The molecule has 86 valence electrons. The molecule has 0 radical (unpaired) electrons. The van der Waals surface area contributed by atoms with Crippen LogP contribution < -0.4 is 5.32 Å². The topological polar surface area (TPSA) is 38.3 Å². The predicted molar refractivity (Wildman–Crippen MR) is 63.7 cm³/mol. The summed E-state index contributed by atoms with van der Waals surface area (Å²) in [5.74, 6) is -0.157. The first-order valence-electron chi connectivity index (χ1n) is 5.65. The van der Waals surface area contributed by atoms with Crippen LogP contribution in [-0.2, 0) is 16.0 Å². The number of ether oxygens (including phenoxy) is 1. The van der Waals surface area contributed by atoms with E-state index in [1.807, 2.05) is 13.0 Å². The lowest BCUT2D eigenvalue weighted by atomic mass is 10.00. The molecule has 1 aliphatic heterocycles. The van der Waals surface area contributed by atoms with E-state index in [-0.39, 0.29) is 12.0 Å². The van der Waals surface area contributed by atoms with E-state index in [2.05, 4.69) is 25.2 Å². The molecule has 1 aliphatic rings. The fraction of sp³-hybridized carbons (Fsp3) is 0.462. The van der Waals surface area contributed by atoms with Crippen LogP contribution in [0.3, 0.4) is 0 Å². The third-order valence-corrected chi connectivity index (χ3v) is 3.18. The summed E-state index contributed by atoms with van der Waals surface area (Å²) in [6.07, 6.45) is 0.738. The van der Waals surface area contributed by atoms with E-state index in [9.17, 15) is 4.79 Å². The van der Waals surface area contributed by atoms with E-state index in [1.165, 1.54) is 16.7 Å². The predicted octanol–water partition coefficient (Wildman–Crippen LogP) is 2.20. The molecule has 16 heavy (non-hydrogen) atoms. The highest BCUT2D eigenvalue weighted by molar-refractivity contribution is 5.83. The summed E-state index contributed by atoms with van der Waals surface area (Å²) in [6.45, 7) is 6.46. The van der Waals surface area contributed by atoms with Crippen molar-refractivity contribution in [2.45, 2.75) is 33.2 Å². The highest BCUT2D eigenvalue weighted by atomic mass is 16.5. The highest BCUT2D eigenvalue weighted by Gasteiger charge is 2.28. The molecule has 0 amide bonds. The number of hydrogen-bond donors (Lipinski definition) is 1. The van der Waals surface area contributed by atoms with Gasteiger partial charge in [-0.25, -0.2) is 4.79 Å². The normalized spacial score (nSPS) is 17.8. The van der Waals surface area contributed by atoms with Gasteiger partial charge >= 0.3 is 5.97 Å². The molecule has 0 aromatic heterocycles. The molecule has 0 unspecified atom stereocenters. The molecule has 0 saturated heterocycles. The molecule has 3 heteroatoms. The quantitative estimate of drug-likeness (QED) is 0.775. The lowest BCUT2D eigenvalue weighted by molar-refractivity contribution is -0.143. The van der Waals surface area contributed by atoms with Gasteiger partial charge in [-0.2, -0.15) is 0 Å². The van der Waals surface area contributed by atoms with Crippen LogP contribution in [0, 0.1) is 13.8 Å². The molecule has 3 nitrogen and oxygen atoms in total. The van der Waals surface area contributed by atoms with Crippen molar-refractivity contribution in [3.63, 3.8) is 0 Å². The number of anilines is 1. The minimum absolute atomic E-state index is 0.157. The molecule has 1 heterocycles. The van der Waals surface area contributed by atoms with Crippen LogP contribution in [0.25, 0.3) is 0 Å². The Labute approximate surface area is 95.8 Å². The van der Waals surface area contributed by atoms with Gasteiger partial charge in [-0.1, -0.05) is 6.07 Å². The Kier molecular flexibility index (Phi) is 2.86. The van der Waals surface area contributed by atoms with E-state index in [0.29, 0.717) is 6.61 Å². The first-order valence-corrected chi connectivity index (χ1v) is 5.65. The molecule has 0 aliphatic carbocycles. The van der Waals surface area contributed by atoms with Crippen molar-refractivity contribution in [2.75, 3.05) is 11.9 Å². The maximum atomic E-state index is 11.6. The molecule has 0 saturated carbocycles. The van der Waals surface area contributed by atoms with Crippen LogP contribution in [0.15, 0.2) is 12.1 Å². The third-order valence-electron chi connectivity index (χ3n) is 3.18. The Bertz CT molecular complexity index is 426. The van der Waals surface area contributed by atoms with Crippen molar-refractivity contribution in [3.05, 3.63) is 28.8 Å². The van der Waals surface area contributed by atoms with Crippen LogP contribution in [0.5, 0.6) is 0 Å². The smallest absolute Gasteiger partial charge is 0.328 e. The van der Waals surface area contributed by atoms with Crippen LogP contribution in [-0.4, -0.2) is 18.6 Å². The zero-order valence-corrected chi connectivity index (χ0v) is 9.96. The van der Waals surface area contributed by atoms with E-state index >= 15 is 0 Å². The summed E-state index contributed by atoms with van der Waals surface area (Å²) in [5.41, 5.74) is 4.86. The average Bonchev–Trinajstić information content (AvgIpc) is 2.69. The minimum atomic E-state index is -0.213. The summed E-state index contributed by atoms with van der Waals surface area (Å²) in [7, 11) is 0. The first kappa shape index (κ1) is 11.0. The number of hydrogen-bond acceptors (Lipinski definition) is 3. The van der Waals surface area contributed by atoms with Gasteiger partial charge in [0.25, 0.3) is 0 Å². The second-order valence-corrected chi connectivity index (χ2v) is 4.19. The number of benzene rings is 1. The Morgan fingerprint density at radius 3 is 2.94 bits per heavy atom. The van der Waals surface area contributed by atoms with Crippen molar-refractivity contribution in [1.29, 1.82) is 0 Å².